The van der Waals surface area contributed by atoms with Crippen molar-refractivity contribution in [1.82, 2.24) is 14.5 Å². The second-order valence-electron chi connectivity index (χ2n) is 8.81. The van der Waals surface area contributed by atoms with Gasteiger partial charge in [-0.15, -0.1) is 0 Å². The van der Waals surface area contributed by atoms with Gasteiger partial charge in [-0.1, -0.05) is 25.0 Å². The number of fused-ring (bicyclic) bond motifs is 1. The van der Waals surface area contributed by atoms with Gasteiger partial charge in [0, 0.05) is 25.8 Å². The average Bonchev–Trinajstić information content (AvgIpc) is 3.41. The number of nitrogens with zero attached hydrogens (tertiary/aromatic N) is 3. The standard InChI is InChI=1S/C23H31N3O2/c27-23-19-8-3-4-9-20(19)24-22(26(23)18-6-1-2-7-18)21-10-5-13-25(21)16-17-11-14-28-15-12-17/h3-4,8-9,17-18,21H,1-2,5-7,10-16H2. The molecule has 1 aromatic carbocycles. The first kappa shape index (κ1) is 18.3. The minimum Gasteiger partial charge on any atom is -0.381 e. The van der Waals surface area contributed by atoms with Crippen molar-refractivity contribution in [3.8, 4) is 0 Å². The summed E-state index contributed by atoms with van der Waals surface area (Å²) in [5, 5.41) is 0.770. The molecule has 0 N–H and O–H groups in total. The van der Waals surface area contributed by atoms with E-state index in [-0.39, 0.29) is 11.6 Å². The van der Waals surface area contributed by atoms with E-state index in [9.17, 15) is 4.79 Å². The fraction of sp³-hybridized carbons (Fsp3) is 0.652. The van der Waals surface area contributed by atoms with Gasteiger partial charge in [0.1, 0.15) is 5.82 Å². The number of rotatable bonds is 4. The molecule has 0 radical (unpaired) electrons. The van der Waals surface area contributed by atoms with Gasteiger partial charge in [-0.05, 0) is 63.1 Å². The normalized spacial score (nSPS) is 25.1. The first-order valence-corrected chi connectivity index (χ1v) is 11.1. The summed E-state index contributed by atoms with van der Waals surface area (Å²) in [6, 6.07) is 8.49. The van der Waals surface area contributed by atoms with Gasteiger partial charge in [0.2, 0.25) is 0 Å². The van der Waals surface area contributed by atoms with Crippen molar-refractivity contribution in [3.05, 3.63) is 40.4 Å². The Kier molecular flexibility index (Phi) is 5.20. The molecule has 1 aliphatic carbocycles. The molecular formula is C23H31N3O2. The van der Waals surface area contributed by atoms with E-state index in [2.05, 4.69) is 9.47 Å². The van der Waals surface area contributed by atoms with Crippen molar-refractivity contribution in [3.63, 3.8) is 0 Å². The number of benzene rings is 1. The van der Waals surface area contributed by atoms with Crippen molar-refractivity contribution >= 4 is 10.9 Å². The highest BCUT2D eigenvalue weighted by Crippen LogP contribution is 2.37. The molecule has 5 rings (SSSR count). The summed E-state index contributed by atoms with van der Waals surface area (Å²) in [5.41, 5.74) is 1.03. The molecule has 1 unspecified atom stereocenters. The lowest BCUT2D eigenvalue weighted by molar-refractivity contribution is 0.0497. The third-order valence-electron chi connectivity index (χ3n) is 7.02. The van der Waals surface area contributed by atoms with Crippen LogP contribution in [0.3, 0.4) is 0 Å². The molecule has 0 amide bonds. The van der Waals surface area contributed by atoms with Crippen LogP contribution in [0.25, 0.3) is 10.9 Å². The molecule has 2 saturated heterocycles. The van der Waals surface area contributed by atoms with Crippen LogP contribution < -0.4 is 5.56 Å². The number of ether oxygens (including phenoxy) is 1. The zero-order valence-corrected chi connectivity index (χ0v) is 16.7. The molecule has 0 spiro atoms. The lowest BCUT2D eigenvalue weighted by Crippen LogP contribution is -2.36. The Morgan fingerprint density at radius 3 is 2.61 bits per heavy atom. The predicted octanol–water partition coefficient (Wildman–Crippen LogP) is 4.08. The second kappa shape index (κ2) is 7.96. The van der Waals surface area contributed by atoms with Crippen molar-refractivity contribution in [2.45, 2.75) is 63.5 Å². The number of hydrogen-bond acceptors (Lipinski definition) is 4. The van der Waals surface area contributed by atoms with Crippen molar-refractivity contribution < 1.29 is 4.74 Å². The minimum atomic E-state index is 0.172. The van der Waals surface area contributed by atoms with E-state index in [1.54, 1.807) is 0 Å². The van der Waals surface area contributed by atoms with Crippen LogP contribution in [-0.4, -0.2) is 40.8 Å². The molecule has 0 bridgehead atoms. The summed E-state index contributed by atoms with van der Waals surface area (Å²) in [4.78, 5) is 21.2. The summed E-state index contributed by atoms with van der Waals surface area (Å²) >= 11 is 0. The van der Waals surface area contributed by atoms with E-state index in [1.165, 1.54) is 19.3 Å². The third kappa shape index (κ3) is 3.39. The molecular weight excluding hydrogens is 350 g/mol. The van der Waals surface area contributed by atoms with Crippen LogP contribution in [0.1, 0.15) is 69.3 Å². The Balaban J connectivity index is 1.54. The highest BCUT2D eigenvalue weighted by molar-refractivity contribution is 5.77. The smallest absolute Gasteiger partial charge is 0.261 e. The van der Waals surface area contributed by atoms with E-state index in [4.69, 9.17) is 9.72 Å². The second-order valence-corrected chi connectivity index (χ2v) is 8.81. The molecule has 2 aliphatic heterocycles. The maximum absolute atomic E-state index is 13.5. The molecule has 5 heteroatoms. The van der Waals surface area contributed by atoms with Gasteiger partial charge in [-0.25, -0.2) is 4.98 Å². The predicted molar refractivity (Wildman–Crippen MR) is 111 cm³/mol. The number of aromatic nitrogens is 2. The quantitative estimate of drug-likeness (QED) is 0.801. The molecule has 1 aromatic heterocycles. The van der Waals surface area contributed by atoms with Gasteiger partial charge in [0.15, 0.2) is 0 Å². The van der Waals surface area contributed by atoms with Crippen LogP contribution in [0.2, 0.25) is 0 Å². The molecule has 2 aromatic rings. The third-order valence-corrected chi connectivity index (χ3v) is 7.02. The summed E-state index contributed by atoms with van der Waals surface area (Å²) in [5.74, 6) is 1.74. The van der Waals surface area contributed by atoms with E-state index < -0.39 is 0 Å². The number of para-hydroxylation sites is 1. The largest absolute Gasteiger partial charge is 0.381 e. The monoisotopic (exact) mass is 381 g/mol. The summed E-state index contributed by atoms with van der Waals surface area (Å²) in [7, 11) is 0. The highest BCUT2D eigenvalue weighted by atomic mass is 16.5. The van der Waals surface area contributed by atoms with Crippen molar-refractivity contribution in [1.29, 1.82) is 0 Å². The fourth-order valence-electron chi connectivity index (χ4n) is 5.51. The molecule has 28 heavy (non-hydrogen) atoms. The maximum atomic E-state index is 13.5. The Bertz CT molecular complexity index is 881. The Morgan fingerprint density at radius 1 is 1.00 bits per heavy atom. The molecule has 5 nitrogen and oxygen atoms in total. The molecule has 150 valence electrons. The molecule has 3 aliphatic rings. The Labute approximate surface area is 166 Å². The van der Waals surface area contributed by atoms with Crippen LogP contribution >= 0.6 is 0 Å². The van der Waals surface area contributed by atoms with E-state index in [0.717, 1.165) is 75.1 Å². The van der Waals surface area contributed by atoms with Gasteiger partial charge in [-0.2, -0.15) is 0 Å². The minimum absolute atomic E-state index is 0.172. The topological polar surface area (TPSA) is 47.4 Å². The first-order chi connectivity index (χ1) is 13.8. The number of hydrogen-bond donors (Lipinski definition) is 0. The Hall–Kier alpha value is -1.72. The zero-order chi connectivity index (χ0) is 18.9. The van der Waals surface area contributed by atoms with Gasteiger partial charge in [-0.3, -0.25) is 14.3 Å². The Morgan fingerprint density at radius 2 is 1.79 bits per heavy atom. The van der Waals surface area contributed by atoms with E-state index in [1.807, 2.05) is 24.3 Å². The van der Waals surface area contributed by atoms with Crippen LogP contribution in [-0.2, 0) is 4.74 Å². The van der Waals surface area contributed by atoms with Crippen molar-refractivity contribution in [2.24, 2.45) is 5.92 Å². The van der Waals surface area contributed by atoms with Crippen LogP contribution in [0.5, 0.6) is 0 Å². The summed E-state index contributed by atoms with van der Waals surface area (Å²) < 4.78 is 7.65. The van der Waals surface area contributed by atoms with Gasteiger partial charge in [0.25, 0.3) is 5.56 Å². The van der Waals surface area contributed by atoms with Gasteiger partial charge < -0.3 is 4.74 Å². The average molecular weight is 382 g/mol. The fourth-order valence-corrected chi connectivity index (χ4v) is 5.51. The van der Waals surface area contributed by atoms with Crippen LogP contribution in [0.15, 0.2) is 29.1 Å². The van der Waals surface area contributed by atoms with Crippen molar-refractivity contribution in [2.75, 3.05) is 26.3 Å². The summed E-state index contributed by atoms with van der Waals surface area (Å²) in [6.45, 7) is 4.02. The lowest BCUT2D eigenvalue weighted by atomic mass is 9.99. The van der Waals surface area contributed by atoms with E-state index in [0.29, 0.717) is 12.0 Å². The van der Waals surface area contributed by atoms with Gasteiger partial charge in [0.05, 0.1) is 16.9 Å². The van der Waals surface area contributed by atoms with E-state index >= 15 is 0 Å². The molecule has 1 saturated carbocycles. The van der Waals surface area contributed by atoms with Gasteiger partial charge >= 0.3 is 0 Å². The maximum Gasteiger partial charge on any atom is 0.261 e. The molecule has 1 atom stereocenters. The highest BCUT2D eigenvalue weighted by Gasteiger charge is 2.34. The lowest BCUT2D eigenvalue weighted by Gasteiger charge is -2.32. The number of likely N-dealkylation sites (tertiary alicyclic amines) is 1. The SMILES string of the molecule is O=c1c2ccccc2nc(C2CCCN2CC2CCOCC2)n1C1CCCC1. The molecule has 3 fully saturated rings. The zero-order valence-electron chi connectivity index (χ0n) is 16.7. The molecule has 3 heterocycles. The summed E-state index contributed by atoms with van der Waals surface area (Å²) in [6.07, 6.45) is 9.29. The van der Waals surface area contributed by atoms with Crippen LogP contribution in [0.4, 0.5) is 0 Å². The first-order valence-electron chi connectivity index (χ1n) is 11.1. The van der Waals surface area contributed by atoms with Crippen LogP contribution in [0, 0.1) is 5.92 Å².